The molecule has 0 bridgehead atoms. The minimum absolute atomic E-state index is 0.219. The molecule has 0 saturated carbocycles. The van der Waals surface area contributed by atoms with Crippen molar-refractivity contribution in [2.24, 2.45) is 7.05 Å². The van der Waals surface area contributed by atoms with E-state index in [-0.39, 0.29) is 11.6 Å². The Hall–Kier alpha value is -1.86. The van der Waals surface area contributed by atoms with E-state index in [2.05, 4.69) is 30.5 Å². The number of hydrogen-bond donors (Lipinski definition) is 1. The lowest BCUT2D eigenvalue weighted by Gasteiger charge is -1.98. The summed E-state index contributed by atoms with van der Waals surface area (Å²) >= 11 is 0. The van der Waals surface area contributed by atoms with Gasteiger partial charge in [0.1, 0.15) is 0 Å². The lowest BCUT2D eigenvalue weighted by molar-refractivity contribution is 0.555. The van der Waals surface area contributed by atoms with Gasteiger partial charge in [-0.15, -0.1) is 6.42 Å². The zero-order valence-corrected chi connectivity index (χ0v) is 9.08. The molecule has 0 aliphatic carbocycles. The molecule has 7 heteroatoms. The van der Waals surface area contributed by atoms with E-state index >= 15 is 0 Å². The van der Waals surface area contributed by atoms with Gasteiger partial charge in [0.25, 0.3) is 0 Å². The van der Waals surface area contributed by atoms with Crippen molar-refractivity contribution in [1.82, 2.24) is 19.7 Å². The first-order valence-corrected chi connectivity index (χ1v) is 4.48. The van der Waals surface area contributed by atoms with Gasteiger partial charge in [0, 0.05) is 7.05 Å². The number of hydrogen-bond acceptors (Lipinski definition) is 5. The molecule has 0 amide bonds. The Kier molecular flexibility index (Phi) is 2.18. The summed E-state index contributed by atoms with van der Waals surface area (Å²) in [5.41, 5.74) is 6.67. The molecule has 0 aromatic carbocycles. The zero-order valence-electron chi connectivity index (χ0n) is 7.93. The number of fused-ring (bicyclic) bond motifs is 1. The highest BCUT2D eigenvalue weighted by Crippen LogP contribution is 2.26. The Bertz CT molecular complexity index is 570. The summed E-state index contributed by atoms with van der Waals surface area (Å²) in [5, 5.41) is 4.12. The topological polar surface area (TPSA) is 78.8 Å². The fraction of sp³-hybridized carbons (Fsp3) is 0.125. The molecule has 0 fully saturated rings. The molecule has 6 nitrogen and oxygen atoms in total. The summed E-state index contributed by atoms with van der Waals surface area (Å²) in [5.74, 6) is 3.26. The Balaban J connectivity index is 2.87. The van der Waals surface area contributed by atoms with Gasteiger partial charge in [0.05, 0.1) is 9.47 Å². The van der Waals surface area contributed by atoms with Gasteiger partial charge in [-0.05, 0) is 5.92 Å². The van der Waals surface area contributed by atoms with Crippen LogP contribution < -0.4 is 10.3 Å². The average molecular weight is 221 g/mol. The first kappa shape index (κ1) is 9.69. The predicted molar refractivity (Wildman–Crippen MR) is 59.0 cm³/mol. The molecule has 15 heavy (non-hydrogen) atoms. The van der Waals surface area contributed by atoms with Gasteiger partial charge in [-0.1, -0.05) is 0 Å². The molecule has 0 radical (unpaired) electrons. The third-order valence-electron chi connectivity index (χ3n) is 1.90. The van der Waals surface area contributed by atoms with E-state index < -0.39 is 0 Å². The fourth-order valence-electron chi connectivity index (χ4n) is 1.27. The van der Waals surface area contributed by atoms with Crippen molar-refractivity contribution in [3.05, 3.63) is 5.82 Å². The van der Waals surface area contributed by atoms with Crippen LogP contribution in [-0.2, 0) is 7.05 Å². The van der Waals surface area contributed by atoms with Gasteiger partial charge in [0.2, 0.25) is 11.7 Å². The maximum atomic E-state index is 5.68. The number of rotatable bonds is 1. The standard InChI is InChI=1S/C8H8N5OP/c1-3-4-10-6-5(7(9)11-4)12-13(2)8(6)14-15/h1H,15H2,2H3,(H2,9,10,11). The normalized spacial score (nSPS) is 10.2. The van der Waals surface area contributed by atoms with Gasteiger partial charge in [0.15, 0.2) is 16.9 Å². The Morgan fingerprint density at radius 2 is 2.20 bits per heavy atom. The van der Waals surface area contributed by atoms with Crippen LogP contribution in [0.4, 0.5) is 5.82 Å². The largest absolute Gasteiger partial charge is 0.462 e. The maximum Gasteiger partial charge on any atom is 0.241 e. The molecular weight excluding hydrogens is 213 g/mol. The zero-order chi connectivity index (χ0) is 11.0. The van der Waals surface area contributed by atoms with Crippen molar-refractivity contribution in [3.63, 3.8) is 0 Å². The number of aromatic nitrogens is 4. The van der Waals surface area contributed by atoms with Gasteiger partial charge in [-0.2, -0.15) is 5.10 Å². The van der Waals surface area contributed by atoms with E-state index in [1.807, 2.05) is 0 Å². The van der Waals surface area contributed by atoms with Gasteiger partial charge in [-0.25, -0.2) is 14.6 Å². The number of nitrogens with zero attached hydrogens (tertiary/aromatic N) is 4. The SMILES string of the molecule is C#Cc1nc(N)c2nn(C)c(OP)c2n1. The molecule has 2 rings (SSSR count). The molecular formula is C8H8N5OP. The van der Waals surface area contributed by atoms with Crippen molar-refractivity contribution >= 4 is 26.3 Å². The van der Waals surface area contributed by atoms with Crippen LogP contribution >= 0.6 is 9.47 Å². The number of terminal acetylenes is 1. The van der Waals surface area contributed by atoms with Gasteiger partial charge in [-0.3, -0.25) is 0 Å². The van der Waals surface area contributed by atoms with E-state index in [0.29, 0.717) is 16.9 Å². The van der Waals surface area contributed by atoms with Crippen molar-refractivity contribution < 1.29 is 4.52 Å². The molecule has 2 heterocycles. The second-order valence-electron chi connectivity index (χ2n) is 2.82. The van der Waals surface area contributed by atoms with E-state index in [1.165, 1.54) is 4.68 Å². The Morgan fingerprint density at radius 1 is 1.47 bits per heavy atom. The average Bonchev–Trinajstić information content (AvgIpc) is 2.54. The van der Waals surface area contributed by atoms with Crippen LogP contribution in [0, 0.1) is 12.3 Å². The second kappa shape index (κ2) is 3.37. The number of nitrogen functional groups attached to an aromatic ring is 1. The fourth-order valence-corrected chi connectivity index (χ4v) is 1.53. The maximum absolute atomic E-state index is 5.68. The van der Waals surface area contributed by atoms with Crippen molar-refractivity contribution in [3.8, 4) is 18.2 Å². The lowest BCUT2D eigenvalue weighted by Crippen LogP contribution is -1.97. The smallest absolute Gasteiger partial charge is 0.241 e. The molecule has 0 spiro atoms. The van der Waals surface area contributed by atoms with Crippen LogP contribution in [0.2, 0.25) is 0 Å². The first-order chi connectivity index (χ1) is 7.17. The molecule has 0 aliphatic rings. The molecule has 1 unspecified atom stereocenters. The second-order valence-corrected chi connectivity index (χ2v) is 3.06. The Morgan fingerprint density at radius 3 is 2.80 bits per heavy atom. The molecule has 1 atom stereocenters. The monoisotopic (exact) mass is 221 g/mol. The highest BCUT2D eigenvalue weighted by atomic mass is 31.0. The van der Waals surface area contributed by atoms with Crippen LogP contribution in [-0.4, -0.2) is 19.7 Å². The van der Waals surface area contributed by atoms with E-state index in [9.17, 15) is 0 Å². The van der Waals surface area contributed by atoms with Crippen molar-refractivity contribution in [2.75, 3.05) is 5.73 Å². The predicted octanol–water partition coefficient (Wildman–Crippen LogP) is 0.0957. The molecule has 2 N–H and O–H groups in total. The lowest BCUT2D eigenvalue weighted by atomic mass is 10.4. The highest BCUT2D eigenvalue weighted by Gasteiger charge is 2.15. The molecule has 0 saturated heterocycles. The number of aryl methyl sites for hydroxylation is 1. The van der Waals surface area contributed by atoms with Crippen LogP contribution in [0.1, 0.15) is 5.82 Å². The van der Waals surface area contributed by atoms with E-state index in [4.69, 9.17) is 16.7 Å². The third-order valence-corrected chi connectivity index (χ3v) is 2.12. The Labute approximate surface area is 88.1 Å². The summed E-state index contributed by atoms with van der Waals surface area (Å²) in [6.45, 7) is 0. The third kappa shape index (κ3) is 1.37. The van der Waals surface area contributed by atoms with Gasteiger partial charge < -0.3 is 10.3 Å². The summed E-state index contributed by atoms with van der Waals surface area (Å²) in [7, 11) is 3.84. The molecule has 76 valence electrons. The van der Waals surface area contributed by atoms with Crippen molar-refractivity contribution in [1.29, 1.82) is 0 Å². The van der Waals surface area contributed by atoms with Gasteiger partial charge >= 0.3 is 0 Å². The number of nitrogens with two attached hydrogens (primary N) is 1. The van der Waals surface area contributed by atoms with Crippen LogP contribution in [0.3, 0.4) is 0 Å². The van der Waals surface area contributed by atoms with Crippen LogP contribution in [0.15, 0.2) is 0 Å². The minimum atomic E-state index is 0.219. The summed E-state index contributed by atoms with van der Waals surface area (Å²) in [6.07, 6.45) is 5.20. The summed E-state index contributed by atoms with van der Waals surface area (Å²) < 4.78 is 6.57. The highest BCUT2D eigenvalue weighted by molar-refractivity contribution is 7.10. The molecule has 2 aromatic heterocycles. The minimum Gasteiger partial charge on any atom is -0.462 e. The van der Waals surface area contributed by atoms with E-state index in [0.717, 1.165) is 0 Å². The first-order valence-electron chi connectivity index (χ1n) is 4.01. The van der Waals surface area contributed by atoms with E-state index in [1.54, 1.807) is 7.05 Å². The van der Waals surface area contributed by atoms with Crippen molar-refractivity contribution in [2.45, 2.75) is 0 Å². The molecule has 0 aliphatic heterocycles. The molecule has 2 aromatic rings. The quantitative estimate of drug-likeness (QED) is 0.545. The van der Waals surface area contributed by atoms with Crippen LogP contribution in [0.25, 0.3) is 11.0 Å². The summed E-state index contributed by atoms with van der Waals surface area (Å²) in [4.78, 5) is 8.00. The van der Waals surface area contributed by atoms with Crippen LogP contribution in [0.5, 0.6) is 5.88 Å². The number of anilines is 1. The summed E-state index contributed by atoms with van der Waals surface area (Å²) in [6, 6.07) is 0.